The summed E-state index contributed by atoms with van der Waals surface area (Å²) in [4.78, 5) is 28.0. The van der Waals surface area contributed by atoms with E-state index in [4.69, 9.17) is 4.74 Å². The first-order valence-corrected chi connectivity index (χ1v) is 11.8. The van der Waals surface area contributed by atoms with E-state index in [1.165, 1.54) is 13.0 Å². The highest BCUT2D eigenvalue weighted by Gasteiger charge is 2.45. The number of nitrogens with one attached hydrogen (secondary N) is 1. The van der Waals surface area contributed by atoms with Gasteiger partial charge >= 0.3 is 0 Å². The van der Waals surface area contributed by atoms with Crippen molar-refractivity contribution in [1.29, 1.82) is 0 Å². The smallest absolute Gasteiger partial charge is 0.223 e. The number of carbonyl (C=O) groups is 1. The largest absolute Gasteiger partial charge is 0.379 e. The van der Waals surface area contributed by atoms with Crippen LogP contribution >= 0.6 is 0 Å². The van der Waals surface area contributed by atoms with Crippen molar-refractivity contribution in [3.63, 3.8) is 0 Å². The minimum Gasteiger partial charge on any atom is -0.379 e. The number of nitrogens with zero attached hydrogens (tertiary/aromatic N) is 4. The molecule has 3 aliphatic heterocycles. The lowest BCUT2D eigenvalue weighted by Gasteiger charge is -2.39. The molecule has 1 atom stereocenters. The second kappa shape index (κ2) is 8.88. The van der Waals surface area contributed by atoms with Crippen LogP contribution < -0.4 is 0 Å². The Kier molecular flexibility index (Phi) is 5.99. The number of amides is 1. The standard InChI is InChI=1S/C24H35N5O2/c1-27-18-24(16-19(27)17-28-12-14-31-15-13-28)8-10-29(11-9-24)23(30)7-6-22-25-20-4-2-3-5-21(20)26-22/h2-5,19H,6-18H2,1H3,(H,25,26). The number of benzene rings is 1. The average molecular weight is 426 g/mol. The normalized spacial score (nSPS) is 24.9. The van der Waals surface area contributed by atoms with E-state index >= 15 is 0 Å². The Morgan fingerprint density at radius 1 is 1.19 bits per heavy atom. The summed E-state index contributed by atoms with van der Waals surface area (Å²) in [6.07, 6.45) is 4.74. The molecular formula is C24H35N5O2. The van der Waals surface area contributed by atoms with Crippen LogP contribution in [0.25, 0.3) is 11.0 Å². The van der Waals surface area contributed by atoms with Crippen molar-refractivity contribution in [3.05, 3.63) is 30.1 Å². The van der Waals surface area contributed by atoms with Crippen LogP contribution in [-0.2, 0) is 16.0 Å². The molecule has 4 heterocycles. The Balaban J connectivity index is 1.10. The second-order valence-electron chi connectivity index (χ2n) is 9.77. The van der Waals surface area contributed by atoms with E-state index in [1.54, 1.807) is 0 Å². The fourth-order valence-corrected chi connectivity index (χ4v) is 5.76. The number of aromatic nitrogens is 2. The molecule has 0 radical (unpaired) electrons. The topological polar surface area (TPSA) is 64.7 Å². The van der Waals surface area contributed by atoms with E-state index in [2.05, 4.69) is 31.7 Å². The van der Waals surface area contributed by atoms with Crippen molar-refractivity contribution in [2.45, 2.75) is 38.1 Å². The summed E-state index contributed by atoms with van der Waals surface area (Å²) in [5.74, 6) is 1.18. The monoisotopic (exact) mass is 425 g/mol. The van der Waals surface area contributed by atoms with E-state index in [-0.39, 0.29) is 5.91 Å². The number of aromatic amines is 1. The number of fused-ring (bicyclic) bond motifs is 1. The quantitative estimate of drug-likeness (QED) is 0.795. The van der Waals surface area contributed by atoms with E-state index < -0.39 is 0 Å². The lowest BCUT2D eigenvalue weighted by atomic mass is 9.76. The van der Waals surface area contributed by atoms with Crippen molar-refractivity contribution in [1.82, 2.24) is 24.7 Å². The molecule has 3 fully saturated rings. The summed E-state index contributed by atoms with van der Waals surface area (Å²) in [6, 6.07) is 8.67. The van der Waals surface area contributed by atoms with Crippen LogP contribution in [-0.4, -0.2) is 96.1 Å². The van der Waals surface area contributed by atoms with Gasteiger partial charge in [0.2, 0.25) is 5.91 Å². The van der Waals surface area contributed by atoms with E-state index in [0.29, 0.717) is 24.3 Å². The van der Waals surface area contributed by atoms with E-state index in [9.17, 15) is 4.79 Å². The third-order valence-electron chi connectivity index (χ3n) is 7.64. The van der Waals surface area contributed by atoms with Gasteiger partial charge in [-0.25, -0.2) is 4.98 Å². The lowest BCUT2D eigenvalue weighted by Crippen LogP contribution is -2.44. The van der Waals surface area contributed by atoms with Crippen LogP contribution in [0.3, 0.4) is 0 Å². The second-order valence-corrected chi connectivity index (χ2v) is 9.77. The summed E-state index contributed by atoms with van der Waals surface area (Å²) < 4.78 is 5.50. The Bertz CT molecular complexity index is 865. The first-order chi connectivity index (χ1) is 15.1. The number of hydrogen-bond acceptors (Lipinski definition) is 5. The van der Waals surface area contributed by atoms with E-state index in [0.717, 1.165) is 75.6 Å². The van der Waals surface area contributed by atoms with Crippen molar-refractivity contribution in [2.24, 2.45) is 5.41 Å². The molecular weight excluding hydrogens is 390 g/mol. The van der Waals surface area contributed by atoms with Crippen molar-refractivity contribution < 1.29 is 9.53 Å². The molecule has 0 bridgehead atoms. The minimum absolute atomic E-state index is 0.270. The fourth-order valence-electron chi connectivity index (χ4n) is 5.76. The van der Waals surface area contributed by atoms with Gasteiger partial charge in [0.1, 0.15) is 5.82 Å². The van der Waals surface area contributed by atoms with Crippen molar-refractivity contribution in [3.8, 4) is 0 Å². The molecule has 0 aliphatic carbocycles. The van der Waals surface area contributed by atoms with Crippen LogP contribution in [0.15, 0.2) is 24.3 Å². The van der Waals surface area contributed by atoms with Gasteiger partial charge in [-0.15, -0.1) is 0 Å². The molecule has 168 valence electrons. The molecule has 7 nitrogen and oxygen atoms in total. The van der Waals surface area contributed by atoms with Gasteiger partial charge in [-0.05, 0) is 43.9 Å². The summed E-state index contributed by atoms with van der Waals surface area (Å²) in [6.45, 7) is 7.98. The zero-order valence-electron chi connectivity index (χ0n) is 18.7. The number of hydrogen-bond donors (Lipinski definition) is 1. The van der Waals surface area contributed by atoms with Crippen LogP contribution in [0, 0.1) is 5.41 Å². The molecule has 3 saturated heterocycles. The first kappa shape index (κ1) is 20.9. The average Bonchev–Trinajstić information content (AvgIpc) is 3.34. The SMILES string of the molecule is CN1CC2(CCN(C(=O)CCc3nc4ccccc4[nH]3)CC2)CC1CN1CCOCC1. The molecule has 1 aromatic heterocycles. The highest BCUT2D eigenvalue weighted by molar-refractivity contribution is 5.77. The summed E-state index contributed by atoms with van der Waals surface area (Å²) in [7, 11) is 2.28. The fraction of sp³-hybridized carbons (Fsp3) is 0.667. The molecule has 3 aliphatic rings. The number of para-hydroxylation sites is 2. The molecule has 1 spiro atoms. The number of likely N-dealkylation sites (tertiary alicyclic amines) is 2. The van der Waals surface area contributed by atoms with Gasteiger partial charge in [-0.1, -0.05) is 12.1 Å². The predicted molar refractivity (Wildman–Crippen MR) is 121 cm³/mol. The third kappa shape index (κ3) is 4.64. The summed E-state index contributed by atoms with van der Waals surface area (Å²) in [5.41, 5.74) is 2.41. The third-order valence-corrected chi connectivity index (χ3v) is 7.64. The maximum atomic E-state index is 12.8. The zero-order chi connectivity index (χ0) is 21.3. The highest BCUT2D eigenvalue weighted by Crippen LogP contribution is 2.43. The number of carbonyl (C=O) groups excluding carboxylic acids is 1. The molecule has 1 aromatic carbocycles. The number of aryl methyl sites for hydroxylation is 1. The number of piperidine rings is 1. The number of likely N-dealkylation sites (N-methyl/N-ethyl adjacent to an activating group) is 1. The Morgan fingerprint density at radius 2 is 1.97 bits per heavy atom. The Hall–Kier alpha value is -1.96. The van der Waals surface area contributed by atoms with Gasteiger partial charge in [0.15, 0.2) is 0 Å². The minimum atomic E-state index is 0.270. The highest BCUT2D eigenvalue weighted by atomic mass is 16.5. The zero-order valence-corrected chi connectivity index (χ0v) is 18.7. The summed E-state index contributed by atoms with van der Waals surface area (Å²) in [5, 5.41) is 0. The molecule has 31 heavy (non-hydrogen) atoms. The van der Waals surface area contributed by atoms with Gasteiger partial charge in [0.05, 0.1) is 24.2 Å². The van der Waals surface area contributed by atoms with Gasteiger partial charge < -0.3 is 19.5 Å². The number of H-pyrrole nitrogens is 1. The van der Waals surface area contributed by atoms with Crippen LogP contribution in [0.4, 0.5) is 0 Å². The number of imidazole rings is 1. The van der Waals surface area contributed by atoms with Crippen LogP contribution in [0.1, 0.15) is 31.5 Å². The molecule has 1 N–H and O–H groups in total. The van der Waals surface area contributed by atoms with E-state index in [1.807, 2.05) is 24.3 Å². The first-order valence-electron chi connectivity index (χ1n) is 11.8. The molecule has 1 unspecified atom stereocenters. The predicted octanol–water partition coefficient (Wildman–Crippen LogP) is 2.14. The molecule has 7 heteroatoms. The van der Waals surface area contributed by atoms with Crippen LogP contribution in [0.2, 0.25) is 0 Å². The molecule has 2 aromatic rings. The van der Waals surface area contributed by atoms with Crippen LogP contribution in [0.5, 0.6) is 0 Å². The number of morpholine rings is 1. The van der Waals surface area contributed by atoms with Gasteiger partial charge in [-0.3, -0.25) is 9.69 Å². The Labute approximate surface area is 184 Å². The van der Waals surface area contributed by atoms with Gasteiger partial charge in [0.25, 0.3) is 0 Å². The Morgan fingerprint density at radius 3 is 2.74 bits per heavy atom. The maximum absolute atomic E-state index is 12.8. The van der Waals surface area contributed by atoms with Crippen molar-refractivity contribution >= 4 is 16.9 Å². The molecule has 0 saturated carbocycles. The lowest BCUT2D eigenvalue weighted by molar-refractivity contribution is -0.133. The van der Waals surface area contributed by atoms with Crippen molar-refractivity contribution in [2.75, 3.05) is 59.5 Å². The molecule has 1 amide bonds. The summed E-state index contributed by atoms with van der Waals surface area (Å²) >= 11 is 0. The van der Waals surface area contributed by atoms with Gasteiger partial charge in [-0.2, -0.15) is 0 Å². The number of rotatable bonds is 5. The van der Waals surface area contributed by atoms with Gasteiger partial charge in [0, 0.05) is 58.2 Å². The molecule has 5 rings (SSSR count). The number of ether oxygens (including phenoxy) is 1. The maximum Gasteiger partial charge on any atom is 0.223 e.